The number of sulfonamides is 1. The molecule has 1 N–H and O–H groups in total. The van der Waals surface area contributed by atoms with Gasteiger partial charge in [-0.25, -0.2) is 21.6 Å². The van der Waals surface area contributed by atoms with E-state index in [1.54, 1.807) is 37.5 Å². The number of fused-ring (bicyclic) bond motifs is 4. The van der Waals surface area contributed by atoms with Crippen LogP contribution in [0.25, 0.3) is 0 Å². The summed E-state index contributed by atoms with van der Waals surface area (Å²) in [6.07, 6.45) is 7.61. The van der Waals surface area contributed by atoms with Gasteiger partial charge in [-0.3, -0.25) is 4.98 Å². The molecule has 33 heavy (non-hydrogen) atoms. The molecule has 2 aliphatic rings. The second-order valence-electron chi connectivity index (χ2n) is 8.91. The second kappa shape index (κ2) is 8.04. The molecule has 1 spiro atoms. The lowest BCUT2D eigenvalue weighted by molar-refractivity contribution is 0.493. The van der Waals surface area contributed by atoms with Crippen molar-refractivity contribution in [2.75, 3.05) is 6.54 Å². The number of rotatable bonds is 5. The quantitative estimate of drug-likeness (QED) is 0.595. The molecule has 0 bridgehead atoms. The maximum atomic E-state index is 13.6. The minimum atomic E-state index is -3.89. The van der Waals surface area contributed by atoms with Crippen LogP contribution < -0.4 is 4.72 Å². The van der Waals surface area contributed by atoms with Crippen LogP contribution in [0, 0.1) is 6.92 Å². The number of sulfone groups is 1. The van der Waals surface area contributed by atoms with Crippen LogP contribution in [-0.4, -0.2) is 28.4 Å². The van der Waals surface area contributed by atoms with Crippen LogP contribution in [0.15, 0.2) is 75.6 Å². The molecule has 0 radical (unpaired) electrons. The van der Waals surface area contributed by atoms with Gasteiger partial charge in [0, 0.05) is 24.4 Å². The van der Waals surface area contributed by atoms with Crippen LogP contribution in [0.3, 0.4) is 0 Å². The standard InChI is InChI=1S/C25H26N2O4S2/c1-18-16-21-24(17-23(18)33(30,31)27-15-10-19-8-13-26-14-9-19)32(28,29)22-7-3-2-6-20(22)25(21)11-4-5-12-25/h2-3,6-9,13-14,16-17,27H,4-5,10-12,15H2,1H3. The summed E-state index contributed by atoms with van der Waals surface area (Å²) in [6, 6.07) is 14.0. The molecule has 1 fully saturated rings. The van der Waals surface area contributed by atoms with Gasteiger partial charge in [0.25, 0.3) is 0 Å². The first-order valence-electron chi connectivity index (χ1n) is 11.1. The topological polar surface area (TPSA) is 93.2 Å². The largest absolute Gasteiger partial charge is 0.265 e. The van der Waals surface area contributed by atoms with Gasteiger partial charge in [-0.1, -0.05) is 37.1 Å². The van der Waals surface area contributed by atoms with E-state index in [-0.39, 0.29) is 21.8 Å². The third-order valence-electron chi connectivity index (χ3n) is 6.98. The van der Waals surface area contributed by atoms with Gasteiger partial charge in [0.15, 0.2) is 0 Å². The van der Waals surface area contributed by atoms with E-state index in [9.17, 15) is 16.8 Å². The van der Waals surface area contributed by atoms with E-state index in [1.807, 2.05) is 24.3 Å². The maximum Gasteiger partial charge on any atom is 0.240 e. The molecule has 0 atom stereocenters. The van der Waals surface area contributed by atoms with E-state index in [1.165, 1.54) is 6.07 Å². The Balaban J connectivity index is 1.57. The van der Waals surface area contributed by atoms with Crippen molar-refractivity contribution in [3.63, 3.8) is 0 Å². The predicted molar refractivity (Wildman–Crippen MR) is 125 cm³/mol. The van der Waals surface area contributed by atoms with Gasteiger partial charge in [0.05, 0.1) is 14.7 Å². The average Bonchev–Trinajstić information content (AvgIpc) is 3.29. The molecule has 1 aliphatic heterocycles. The van der Waals surface area contributed by atoms with Gasteiger partial charge >= 0.3 is 0 Å². The molecule has 5 rings (SSSR count). The summed E-state index contributed by atoms with van der Waals surface area (Å²) < 4.78 is 56.2. The highest BCUT2D eigenvalue weighted by Crippen LogP contribution is 2.54. The molecule has 0 saturated heterocycles. The van der Waals surface area contributed by atoms with E-state index in [0.717, 1.165) is 42.4 Å². The Morgan fingerprint density at radius 1 is 0.970 bits per heavy atom. The molecule has 6 nitrogen and oxygen atoms in total. The molecule has 1 saturated carbocycles. The molecule has 0 amide bonds. The fourth-order valence-corrected chi connectivity index (χ4v) is 8.61. The predicted octanol–water partition coefficient (Wildman–Crippen LogP) is 3.92. The highest BCUT2D eigenvalue weighted by atomic mass is 32.2. The van der Waals surface area contributed by atoms with Gasteiger partial charge in [-0.15, -0.1) is 0 Å². The molecular formula is C25H26N2O4S2. The summed E-state index contributed by atoms with van der Waals surface area (Å²) in [5, 5.41) is 0. The zero-order valence-electron chi connectivity index (χ0n) is 18.4. The van der Waals surface area contributed by atoms with Crippen LogP contribution in [0.4, 0.5) is 0 Å². The minimum Gasteiger partial charge on any atom is -0.265 e. The Labute approximate surface area is 195 Å². The molecule has 172 valence electrons. The van der Waals surface area contributed by atoms with Crippen molar-refractivity contribution in [2.24, 2.45) is 0 Å². The van der Waals surface area contributed by atoms with E-state index in [2.05, 4.69) is 9.71 Å². The monoisotopic (exact) mass is 482 g/mol. The first-order chi connectivity index (χ1) is 15.8. The second-order valence-corrected chi connectivity index (χ2v) is 12.5. The third-order valence-corrected chi connectivity index (χ3v) is 10.4. The number of pyridine rings is 1. The molecule has 8 heteroatoms. The van der Waals surface area contributed by atoms with Crippen LogP contribution in [0.5, 0.6) is 0 Å². The Kier molecular flexibility index (Phi) is 5.42. The van der Waals surface area contributed by atoms with E-state index in [4.69, 9.17) is 0 Å². The van der Waals surface area contributed by atoms with Crippen molar-refractivity contribution in [3.8, 4) is 0 Å². The van der Waals surface area contributed by atoms with Gasteiger partial charge in [-0.05, 0) is 72.7 Å². The normalized spacial score (nSPS) is 18.1. The fourth-order valence-electron chi connectivity index (χ4n) is 5.39. The highest BCUT2D eigenvalue weighted by molar-refractivity contribution is 7.92. The number of nitrogens with one attached hydrogen (secondary N) is 1. The fraction of sp³-hybridized carbons (Fsp3) is 0.320. The van der Waals surface area contributed by atoms with Crippen LogP contribution in [-0.2, 0) is 31.7 Å². The zero-order valence-corrected chi connectivity index (χ0v) is 20.0. The third kappa shape index (κ3) is 3.61. The Hall–Kier alpha value is -2.55. The number of hydrogen-bond acceptors (Lipinski definition) is 5. The summed E-state index contributed by atoms with van der Waals surface area (Å²) in [5.41, 5.74) is 2.75. The van der Waals surface area contributed by atoms with Crippen molar-refractivity contribution in [2.45, 2.75) is 59.1 Å². The minimum absolute atomic E-state index is 0.0204. The molecular weight excluding hydrogens is 456 g/mol. The van der Waals surface area contributed by atoms with Gasteiger partial charge in [-0.2, -0.15) is 0 Å². The summed E-state index contributed by atoms with van der Waals surface area (Å²) in [4.78, 5) is 4.42. The van der Waals surface area contributed by atoms with Crippen LogP contribution in [0.1, 0.15) is 47.9 Å². The van der Waals surface area contributed by atoms with Crippen molar-refractivity contribution in [3.05, 3.63) is 83.2 Å². The van der Waals surface area contributed by atoms with E-state index >= 15 is 0 Å². The highest BCUT2D eigenvalue weighted by Gasteiger charge is 2.48. The first kappa shape index (κ1) is 22.3. The summed E-state index contributed by atoms with van der Waals surface area (Å²) >= 11 is 0. The van der Waals surface area contributed by atoms with Crippen molar-refractivity contribution >= 4 is 19.9 Å². The van der Waals surface area contributed by atoms with E-state index in [0.29, 0.717) is 16.9 Å². The van der Waals surface area contributed by atoms with Gasteiger partial charge < -0.3 is 0 Å². The number of hydrogen-bond donors (Lipinski definition) is 1. The maximum absolute atomic E-state index is 13.6. The molecule has 2 heterocycles. The molecule has 1 aliphatic carbocycles. The Morgan fingerprint density at radius 2 is 1.67 bits per heavy atom. The van der Waals surface area contributed by atoms with Crippen LogP contribution in [0.2, 0.25) is 0 Å². The number of aryl methyl sites for hydroxylation is 1. The van der Waals surface area contributed by atoms with Gasteiger partial charge in [0.2, 0.25) is 19.9 Å². The van der Waals surface area contributed by atoms with Crippen molar-refractivity contribution in [1.82, 2.24) is 9.71 Å². The lowest BCUT2D eigenvalue weighted by Gasteiger charge is -2.38. The summed E-state index contributed by atoms with van der Waals surface area (Å²) in [5.74, 6) is 0. The molecule has 2 aromatic carbocycles. The number of nitrogens with zero attached hydrogens (tertiary/aromatic N) is 1. The summed E-state index contributed by atoms with van der Waals surface area (Å²) in [7, 11) is -7.71. The zero-order chi connectivity index (χ0) is 23.3. The molecule has 3 aromatic rings. The Morgan fingerprint density at radius 3 is 2.39 bits per heavy atom. The van der Waals surface area contributed by atoms with Crippen molar-refractivity contribution < 1.29 is 16.8 Å². The average molecular weight is 483 g/mol. The molecule has 0 unspecified atom stereocenters. The number of benzene rings is 2. The lowest BCUT2D eigenvalue weighted by Crippen LogP contribution is -2.34. The lowest BCUT2D eigenvalue weighted by atomic mass is 9.72. The summed E-state index contributed by atoms with van der Waals surface area (Å²) in [6.45, 7) is 1.95. The van der Waals surface area contributed by atoms with Crippen LogP contribution >= 0.6 is 0 Å². The Bertz CT molecular complexity index is 1430. The SMILES string of the molecule is Cc1cc2c(cc1S(=O)(=O)NCCc1ccncc1)S(=O)(=O)c1ccccc1C21CCCC1. The van der Waals surface area contributed by atoms with Gasteiger partial charge in [0.1, 0.15) is 0 Å². The molecule has 1 aromatic heterocycles. The smallest absolute Gasteiger partial charge is 0.240 e. The number of aromatic nitrogens is 1. The van der Waals surface area contributed by atoms with Crippen molar-refractivity contribution in [1.29, 1.82) is 0 Å². The first-order valence-corrected chi connectivity index (χ1v) is 14.1. The van der Waals surface area contributed by atoms with E-state index < -0.39 is 19.9 Å².